The number of benzene rings is 2. The second kappa shape index (κ2) is 13.9. The van der Waals surface area contributed by atoms with Crippen molar-refractivity contribution in [2.45, 2.75) is 52.0 Å². The summed E-state index contributed by atoms with van der Waals surface area (Å²) in [7, 11) is 0. The number of carboxylic acids is 1. The minimum Gasteiger partial charge on any atom is -0.493 e. The molecule has 0 saturated carbocycles. The molecule has 0 aliphatic rings. The summed E-state index contributed by atoms with van der Waals surface area (Å²) in [6.45, 7) is 2.51. The van der Waals surface area contributed by atoms with E-state index in [1.807, 2.05) is 6.07 Å². The lowest BCUT2D eigenvalue weighted by molar-refractivity contribution is -0.141. The number of carbonyl (C=O) groups excluding carboxylic acids is 2. The second-order valence-corrected chi connectivity index (χ2v) is 7.55. The maximum Gasteiger partial charge on any atom is 0.347 e. The minimum atomic E-state index is -1.08. The molecule has 7 nitrogen and oxygen atoms in total. The maximum absolute atomic E-state index is 12.7. The zero-order chi connectivity index (χ0) is 23.2. The van der Waals surface area contributed by atoms with E-state index in [9.17, 15) is 14.4 Å². The first kappa shape index (κ1) is 24.9. The van der Waals surface area contributed by atoms with Crippen molar-refractivity contribution in [3.8, 4) is 11.5 Å². The van der Waals surface area contributed by atoms with Gasteiger partial charge in [0.1, 0.15) is 23.6 Å². The predicted molar refractivity (Wildman–Crippen MR) is 121 cm³/mol. The predicted octanol–water partition coefficient (Wildman–Crippen LogP) is 4.69. The summed E-state index contributed by atoms with van der Waals surface area (Å²) >= 11 is 0. The van der Waals surface area contributed by atoms with Crippen LogP contribution in [0.1, 0.15) is 61.4 Å². The van der Waals surface area contributed by atoms with Gasteiger partial charge < -0.3 is 19.5 Å². The molecule has 0 fully saturated rings. The van der Waals surface area contributed by atoms with Gasteiger partial charge in [0.05, 0.1) is 6.61 Å². The molecule has 0 aliphatic heterocycles. The lowest BCUT2D eigenvalue weighted by atomic mass is 10.1. The number of para-hydroxylation sites is 1. The molecule has 0 spiro atoms. The van der Waals surface area contributed by atoms with Gasteiger partial charge in [0.25, 0.3) is 0 Å². The molecule has 0 bridgehead atoms. The first-order valence-corrected chi connectivity index (χ1v) is 11.0. The number of hydrogen-bond donors (Lipinski definition) is 1. The van der Waals surface area contributed by atoms with Crippen molar-refractivity contribution in [3.05, 3.63) is 59.7 Å². The van der Waals surface area contributed by atoms with E-state index >= 15 is 0 Å². The number of rotatable bonds is 15. The van der Waals surface area contributed by atoms with Gasteiger partial charge in [-0.2, -0.15) is 0 Å². The third kappa shape index (κ3) is 8.79. The molecule has 0 aromatic heterocycles. The van der Waals surface area contributed by atoms with Gasteiger partial charge in [-0.25, -0.2) is 4.79 Å². The molecular weight excluding hydrogens is 410 g/mol. The molecule has 0 unspecified atom stereocenters. The number of aliphatic carboxylic acids is 1. The van der Waals surface area contributed by atoms with Crippen molar-refractivity contribution in [2.75, 3.05) is 13.2 Å². The standard InChI is InChI=1S/C25H31NO6/c1-2-3-4-5-6-9-16-31-23-11-8-7-10-22(23)25(30)32-21-14-12-20(13-15-21)17-26(19-27)18-24(28)29/h7-8,10-15,19H,2-6,9,16-18H2,1H3,(H,28,29). The van der Waals surface area contributed by atoms with Crippen LogP contribution < -0.4 is 9.47 Å². The van der Waals surface area contributed by atoms with E-state index in [1.165, 1.54) is 25.7 Å². The highest BCUT2D eigenvalue weighted by Gasteiger charge is 2.15. The molecule has 0 saturated heterocycles. The van der Waals surface area contributed by atoms with E-state index in [-0.39, 0.29) is 13.1 Å². The summed E-state index contributed by atoms with van der Waals surface area (Å²) in [5.41, 5.74) is 1.08. The van der Waals surface area contributed by atoms with Crippen molar-refractivity contribution in [1.82, 2.24) is 4.90 Å². The fraction of sp³-hybridized carbons (Fsp3) is 0.400. The van der Waals surface area contributed by atoms with E-state index in [2.05, 4.69) is 6.92 Å². The lowest BCUT2D eigenvalue weighted by Crippen LogP contribution is -2.27. The number of carboxylic acid groups (broad SMARTS) is 1. The van der Waals surface area contributed by atoms with E-state index in [1.54, 1.807) is 42.5 Å². The zero-order valence-electron chi connectivity index (χ0n) is 18.5. The second-order valence-electron chi connectivity index (χ2n) is 7.55. The van der Waals surface area contributed by atoms with Crippen LogP contribution in [0.15, 0.2) is 48.5 Å². The van der Waals surface area contributed by atoms with Crippen molar-refractivity contribution in [3.63, 3.8) is 0 Å². The van der Waals surface area contributed by atoms with E-state index in [0.29, 0.717) is 30.1 Å². The number of hydrogen-bond acceptors (Lipinski definition) is 5. The molecule has 1 N–H and O–H groups in total. The summed E-state index contributed by atoms with van der Waals surface area (Å²) < 4.78 is 11.3. The van der Waals surface area contributed by atoms with Gasteiger partial charge in [0.2, 0.25) is 6.41 Å². The summed E-state index contributed by atoms with van der Waals surface area (Å²) in [5, 5.41) is 8.81. The normalized spacial score (nSPS) is 10.4. The number of unbranched alkanes of at least 4 members (excludes halogenated alkanes) is 5. The third-order valence-electron chi connectivity index (χ3n) is 4.87. The first-order chi connectivity index (χ1) is 15.5. The Balaban J connectivity index is 1.89. The number of esters is 1. The largest absolute Gasteiger partial charge is 0.493 e. The number of carbonyl (C=O) groups is 3. The maximum atomic E-state index is 12.7. The highest BCUT2D eigenvalue weighted by molar-refractivity contribution is 5.94. The highest BCUT2D eigenvalue weighted by Crippen LogP contribution is 2.22. The van der Waals surface area contributed by atoms with Crippen molar-refractivity contribution < 1.29 is 29.0 Å². The van der Waals surface area contributed by atoms with E-state index in [4.69, 9.17) is 14.6 Å². The van der Waals surface area contributed by atoms with Gasteiger partial charge in [-0.3, -0.25) is 9.59 Å². The Morgan fingerprint density at radius 3 is 2.34 bits per heavy atom. The molecule has 32 heavy (non-hydrogen) atoms. The molecule has 0 radical (unpaired) electrons. The smallest absolute Gasteiger partial charge is 0.347 e. The van der Waals surface area contributed by atoms with E-state index < -0.39 is 11.9 Å². The van der Waals surface area contributed by atoms with Crippen LogP contribution in [0.2, 0.25) is 0 Å². The Labute approximate surface area is 188 Å². The molecule has 2 aromatic rings. The lowest BCUT2D eigenvalue weighted by Gasteiger charge is -2.15. The van der Waals surface area contributed by atoms with Crippen LogP contribution in [0.25, 0.3) is 0 Å². The van der Waals surface area contributed by atoms with E-state index in [0.717, 1.165) is 23.3 Å². The van der Waals surface area contributed by atoms with Crippen molar-refractivity contribution in [2.24, 2.45) is 0 Å². The minimum absolute atomic E-state index is 0.152. The zero-order valence-corrected chi connectivity index (χ0v) is 18.5. The Bertz CT molecular complexity index is 865. The Hall–Kier alpha value is -3.35. The fourth-order valence-electron chi connectivity index (χ4n) is 3.19. The molecule has 0 aliphatic carbocycles. The molecular formula is C25H31NO6. The monoisotopic (exact) mass is 441 g/mol. The Morgan fingerprint density at radius 2 is 1.66 bits per heavy atom. The average Bonchev–Trinajstić information content (AvgIpc) is 2.79. The molecule has 172 valence electrons. The van der Waals surface area contributed by atoms with Gasteiger partial charge in [-0.1, -0.05) is 63.3 Å². The summed E-state index contributed by atoms with van der Waals surface area (Å²) in [4.78, 5) is 35.5. The molecule has 2 aromatic carbocycles. The van der Waals surface area contributed by atoms with Gasteiger partial charge >= 0.3 is 11.9 Å². The first-order valence-electron chi connectivity index (χ1n) is 11.0. The van der Waals surface area contributed by atoms with Crippen LogP contribution in [-0.4, -0.2) is 41.5 Å². The van der Waals surface area contributed by atoms with Crippen LogP contribution in [0.5, 0.6) is 11.5 Å². The van der Waals surface area contributed by atoms with Gasteiger partial charge in [-0.05, 0) is 36.2 Å². The molecule has 0 atom stereocenters. The van der Waals surface area contributed by atoms with Gasteiger partial charge in [0, 0.05) is 6.54 Å². The number of amides is 1. The van der Waals surface area contributed by atoms with Crippen LogP contribution in [-0.2, 0) is 16.1 Å². The molecule has 2 rings (SSSR count). The fourth-order valence-corrected chi connectivity index (χ4v) is 3.19. The van der Waals surface area contributed by atoms with Gasteiger partial charge in [-0.15, -0.1) is 0 Å². The topological polar surface area (TPSA) is 93.1 Å². The average molecular weight is 442 g/mol. The van der Waals surface area contributed by atoms with Crippen molar-refractivity contribution >= 4 is 18.3 Å². The molecule has 0 heterocycles. The summed E-state index contributed by atoms with van der Waals surface area (Å²) in [6.07, 6.45) is 7.44. The van der Waals surface area contributed by atoms with Gasteiger partial charge in [0.15, 0.2) is 0 Å². The third-order valence-corrected chi connectivity index (χ3v) is 4.87. The Kier molecular flexibility index (Phi) is 10.8. The molecule has 1 amide bonds. The summed E-state index contributed by atoms with van der Waals surface area (Å²) in [5.74, 6) is -0.755. The van der Waals surface area contributed by atoms with Crippen molar-refractivity contribution in [1.29, 1.82) is 0 Å². The summed E-state index contributed by atoms with van der Waals surface area (Å²) in [6, 6.07) is 13.6. The number of ether oxygens (including phenoxy) is 2. The molecule has 7 heteroatoms. The number of nitrogens with zero attached hydrogens (tertiary/aromatic N) is 1. The van der Waals surface area contributed by atoms with Crippen LogP contribution >= 0.6 is 0 Å². The quantitative estimate of drug-likeness (QED) is 0.187. The van der Waals surface area contributed by atoms with Crippen LogP contribution in [0.4, 0.5) is 0 Å². The SMILES string of the molecule is CCCCCCCCOc1ccccc1C(=O)Oc1ccc(CN(C=O)CC(=O)O)cc1. The Morgan fingerprint density at radius 1 is 0.969 bits per heavy atom. The van der Waals surface area contributed by atoms with Crippen LogP contribution in [0.3, 0.4) is 0 Å². The highest BCUT2D eigenvalue weighted by atomic mass is 16.5. The van der Waals surface area contributed by atoms with Crippen LogP contribution in [0, 0.1) is 0 Å².